The van der Waals surface area contributed by atoms with E-state index in [0.717, 1.165) is 6.42 Å². The van der Waals surface area contributed by atoms with Gasteiger partial charge in [-0.1, -0.05) is 6.92 Å². The number of hydrogen-bond donors (Lipinski definition) is 1. The number of nitro groups is 1. The highest BCUT2D eigenvalue weighted by atomic mass is 32.1. The van der Waals surface area contributed by atoms with E-state index in [-0.39, 0.29) is 17.5 Å². The summed E-state index contributed by atoms with van der Waals surface area (Å²) in [5.41, 5.74) is 0.677. The molecule has 1 aromatic carbocycles. The lowest BCUT2D eigenvalue weighted by molar-refractivity contribution is -0.385. The minimum Gasteiger partial charge on any atom is -0.490 e. The molecule has 0 amide bonds. The molecule has 0 aliphatic rings. The third-order valence-corrected chi connectivity index (χ3v) is 4.63. The molecule has 0 aliphatic carbocycles. The molecule has 0 bridgehead atoms. The fourth-order valence-electron chi connectivity index (χ4n) is 2.06. The largest absolute Gasteiger partial charge is 0.490 e. The Morgan fingerprint density at radius 2 is 2.14 bits per heavy atom. The number of nitrogens with zero attached hydrogens (tertiary/aromatic N) is 1. The third kappa shape index (κ3) is 3.52. The quantitative estimate of drug-likeness (QED) is 0.634. The first-order valence-electron chi connectivity index (χ1n) is 6.72. The molecular formula is C15H18N2O3S. The Bertz CT molecular complexity index is 640. The average molecular weight is 306 g/mol. The van der Waals surface area contributed by atoms with Gasteiger partial charge in [-0.3, -0.25) is 10.1 Å². The highest BCUT2D eigenvalue weighted by Crippen LogP contribution is 2.32. The summed E-state index contributed by atoms with van der Waals surface area (Å²) in [7, 11) is 1.43. The summed E-state index contributed by atoms with van der Waals surface area (Å²) in [6.07, 6.45) is 1.02. The van der Waals surface area contributed by atoms with Gasteiger partial charge in [0, 0.05) is 21.5 Å². The smallest absolute Gasteiger partial charge is 0.312 e. The van der Waals surface area contributed by atoms with Gasteiger partial charge in [-0.2, -0.15) is 0 Å². The van der Waals surface area contributed by atoms with Crippen molar-refractivity contribution in [2.75, 3.05) is 12.4 Å². The van der Waals surface area contributed by atoms with Crippen LogP contribution in [0.25, 0.3) is 0 Å². The maximum absolute atomic E-state index is 11.0. The first-order chi connectivity index (χ1) is 10.0. The van der Waals surface area contributed by atoms with Gasteiger partial charge in [0.15, 0.2) is 5.75 Å². The topological polar surface area (TPSA) is 64.4 Å². The van der Waals surface area contributed by atoms with Crippen LogP contribution >= 0.6 is 11.3 Å². The second-order valence-corrected chi connectivity index (χ2v) is 5.87. The molecule has 0 radical (unpaired) electrons. The lowest BCUT2D eigenvalue weighted by atomic mass is 10.2. The van der Waals surface area contributed by atoms with Crippen LogP contribution in [0.3, 0.4) is 0 Å². The van der Waals surface area contributed by atoms with Crippen LogP contribution < -0.4 is 10.1 Å². The van der Waals surface area contributed by atoms with Crippen molar-refractivity contribution in [3.63, 3.8) is 0 Å². The first-order valence-corrected chi connectivity index (χ1v) is 7.54. The van der Waals surface area contributed by atoms with Crippen LogP contribution in [0.1, 0.15) is 29.6 Å². The summed E-state index contributed by atoms with van der Waals surface area (Å²) in [4.78, 5) is 13.1. The van der Waals surface area contributed by atoms with Gasteiger partial charge in [0.1, 0.15) is 0 Å². The van der Waals surface area contributed by atoms with Crippen molar-refractivity contribution in [2.24, 2.45) is 0 Å². The number of aryl methyl sites for hydroxylation is 1. The predicted octanol–water partition coefficient (Wildman–Crippen LogP) is 4.40. The molecule has 112 valence electrons. The number of hydrogen-bond acceptors (Lipinski definition) is 5. The number of ether oxygens (including phenoxy) is 1. The van der Waals surface area contributed by atoms with Gasteiger partial charge in [-0.25, -0.2) is 0 Å². The standard InChI is InChI=1S/C15H18N2O3S/c1-4-12-6-8-15(21-12)10(2)16-11-5-7-14(20-3)13(9-11)17(18)19/h5-10,16H,4H2,1-3H3. The van der Waals surface area contributed by atoms with Gasteiger partial charge >= 0.3 is 5.69 Å². The maximum Gasteiger partial charge on any atom is 0.312 e. The molecule has 21 heavy (non-hydrogen) atoms. The zero-order valence-electron chi connectivity index (χ0n) is 12.3. The Hall–Kier alpha value is -2.08. The molecule has 0 saturated carbocycles. The summed E-state index contributed by atoms with van der Waals surface area (Å²) >= 11 is 1.76. The van der Waals surface area contributed by atoms with Crippen molar-refractivity contribution >= 4 is 22.7 Å². The molecule has 1 atom stereocenters. The highest BCUT2D eigenvalue weighted by Gasteiger charge is 2.16. The molecule has 0 fully saturated rings. The summed E-state index contributed by atoms with van der Waals surface area (Å²) in [5, 5.41) is 14.3. The Morgan fingerprint density at radius 3 is 2.71 bits per heavy atom. The van der Waals surface area contributed by atoms with E-state index in [1.165, 1.54) is 22.9 Å². The van der Waals surface area contributed by atoms with E-state index >= 15 is 0 Å². The molecule has 0 aliphatic heterocycles. The number of thiophene rings is 1. The van der Waals surface area contributed by atoms with Crippen LogP contribution in [-0.4, -0.2) is 12.0 Å². The van der Waals surface area contributed by atoms with Crippen molar-refractivity contribution in [3.8, 4) is 5.75 Å². The van der Waals surface area contributed by atoms with Gasteiger partial charge in [0.05, 0.1) is 18.1 Å². The summed E-state index contributed by atoms with van der Waals surface area (Å²) in [5.74, 6) is 0.266. The number of methoxy groups -OCH3 is 1. The molecular weight excluding hydrogens is 288 g/mol. The van der Waals surface area contributed by atoms with E-state index in [9.17, 15) is 10.1 Å². The molecule has 1 N–H and O–H groups in total. The normalized spacial score (nSPS) is 12.0. The number of nitro benzene ring substituents is 1. The van der Waals surface area contributed by atoms with Crippen molar-refractivity contribution in [2.45, 2.75) is 26.3 Å². The monoisotopic (exact) mass is 306 g/mol. The predicted molar refractivity (Wildman–Crippen MR) is 85.4 cm³/mol. The van der Waals surface area contributed by atoms with Crippen LogP contribution in [0, 0.1) is 10.1 Å². The van der Waals surface area contributed by atoms with Gasteiger partial charge in [0.25, 0.3) is 0 Å². The van der Waals surface area contributed by atoms with Crippen LogP contribution in [-0.2, 0) is 6.42 Å². The van der Waals surface area contributed by atoms with Crippen molar-refractivity contribution < 1.29 is 9.66 Å². The van der Waals surface area contributed by atoms with E-state index in [4.69, 9.17) is 4.74 Å². The van der Waals surface area contributed by atoms with Crippen LogP contribution in [0.4, 0.5) is 11.4 Å². The van der Waals surface area contributed by atoms with Gasteiger partial charge < -0.3 is 10.1 Å². The molecule has 0 spiro atoms. The molecule has 1 heterocycles. The molecule has 6 heteroatoms. The van der Waals surface area contributed by atoms with Crippen LogP contribution in [0.2, 0.25) is 0 Å². The Labute approximate surface area is 127 Å². The molecule has 1 aromatic heterocycles. The van der Waals surface area contributed by atoms with E-state index in [0.29, 0.717) is 5.69 Å². The Balaban J connectivity index is 2.19. The minimum absolute atomic E-state index is 0.0323. The van der Waals surface area contributed by atoms with Crippen LogP contribution in [0.5, 0.6) is 5.75 Å². The third-order valence-electron chi connectivity index (χ3n) is 3.22. The SMILES string of the molecule is CCc1ccc(C(C)Nc2ccc(OC)c([N+](=O)[O-])c2)s1. The lowest BCUT2D eigenvalue weighted by Crippen LogP contribution is -2.05. The van der Waals surface area contributed by atoms with Crippen LogP contribution in [0.15, 0.2) is 30.3 Å². The Morgan fingerprint density at radius 1 is 1.38 bits per heavy atom. The number of benzene rings is 1. The van der Waals surface area contributed by atoms with E-state index in [1.54, 1.807) is 23.5 Å². The molecule has 2 aromatic rings. The second-order valence-electron chi connectivity index (χ2n) is 4.67. The molecule has 5 nitrogen and oxygen atoms in total. The zero-order valence-corrected chi connectivity index (χ0v) is 13.1. The number of rotatable bonds is 6. The molecule has 2 rings (SSSR count). The maximum atomic E-state index is 11.0. The lowest BCUT2D eigenvalue weighted by Gasteiger charge is -2.14. The average Bonchev–Trinajstić information content (AvgIpc) is 2.96. The van der Waals surface area contributed by atoms with Gasteiger partial charge in [-0.05, 0) is 37.6 Å². The fourth-order valence-corrected chi connectivity index (χ4v) is 3.02. The Kier molecular flexibility index (Phi) is 4.80. The van der Waals surface area contributed by atoms with Crippen molar-refractivity contribution in [1.82, 2.24) is 0 Å². The first kappa shape index (κ1) is 15.3. The summed E-state index contributed by atoms with van der Waals surface area (Å²) < 4.78 is 5.00. The highest BCUT2D eigenvalue weighted by molar-refractivity contribution is 7.12. The van der Waals surface area contributed by atoms with Crippen molar-refractivity contribution in [1.29, 1.82) is 0 Å². The summed E-state index contributed by atoms with van der Waals surface area (Å²) in [6, 6.07) is 9.22. The number of nitrogens with one attached hydrogen (secondary N) is 1. The van der Waals surface area contributed by atoms with E-state index < -0.39 is 4.92 Å². The van der Waals surface area contributed by atoms with Gasteiger partial charge in [0.2, 0.25) is 0 Å². The fraction of sp³-hybridized carbons (Fsp3) is 0.333. The summed E-state index contributed by atoms with van der Waals surface area (Å²) in [6.45, 7) is 4.17. The van der Waals surface area contributed by atoms with E-state index in [2.05, 4.69) is 24.4 Å². The zero-order chi connectivity index (χ0) is 15.4. The second kappa shape index (κ2) is 6.58. The molecule has 1 unspecified atom stereocenters. The van der Waals surface area contributed by atoms with Crippen molar-refractivity contribution in [3.05, 3.63) is 50.2 Å². The molecule has 0 saturated heterocycles. The number of anilines is 1. The minimum atomic E-state index is -0.436. The van der Waals surface area contributed by atoms with Gasteiger partial charge in [-0.15, -0.1) is 11.3 Å². The van der Waals surface area contributed by atoms with E-state index in [1.807, 2.05) is 6.92 Å².